The average molecular weight is 465 g/mol. The highest BCUT2D eigenvalue weighted by atomic mass is 127. The highest BCUT2D eigenvalue weighted by molar-refractivity contribution is 14.0. The Balaban J connectivity index is 0.00000264. The molecule has 1 aromatic carbocycles. The second kappa shape index (κ2) is 10.1. The summed E-state index contributed by atoms with van der Waals surface area (Å²) in [6.07, 6.45) is 2.82. The van der Waals surface area contributed by atoms with Crippen molar-refractivity contribution in [1.82, 2.24) is 15.2 Å². The lowest BCUT2D eigenvalue weighted by molar-refractivity contribution is 0.477. The van der Waals surface area contributed by atoms with E-state index in [2.05, 4.69) is 33.2 Å². The first-order valence-corrected chi connectivity index (χ1v) is 8.35. The predicted molar refractivity (Wildman–Crippen MR) is 110 cm³/mol. The monoisotopic (exact) mass is 464 g/mol. The molecule has 7 heteroatoms. The van der Waals surface area contributed by atoms with Crippen molar-refractivity contribution in [2.45, 2.75) is 19.9 Å². The van der Waals surface area contributed by atoms with Crippen LogP contribution >= 0.6 is 46.9 Å². The smallest absolute Gasteiger partial charge is 0.193 e. The van der Waals surface area contributed by atoms with E-state index in [1.807, 2.05) is 31.4 Å². The van der Waals surface area contributed by atoms with Crippen LogP contribution in [-0.2, 0) is 13.0 Å². The van der Waals surface area contributed by atoms with Gasteiger partial charge in [-0.2, -0.15) is 0 Å². The van der Waals surface area contributed by atoms with E-state index < -0.39 is 0 Å². The SMILES string of the molecule is CN=C(NCCc1ncc(C)s1)N(C)Cc1cccc(Cl)c1.I. The molecular formula is C16H22ClIN4S. The van der Waals surface area contributed by atoms with Crippen molar-refractivity contribution in [3.8, 4) is 0 Å². The third-order valence-electron chi connectivity index (χ3n) is 3.17. The Morgan fingerprint density at radius 2 is 2.22 bits per heavy atom. The molecule has 1 N–H and O–H groups in total. The summed E-state index contributed by atoms with van der Waals surface area (Å²) in [6, 6.07) is 7.89. The Morgan fingerprint density at radius 1 is 1.43 bits per heavy atom. The maximum atomic E-state index is 6.02. The summed E-state index contributed by atoms with van der Waals surface area (Å²) < 4.78 is 0. The summed E-state index contributed by atoms with van der Waals surface area (Å²) in [4.78, 5) is 12.0. The van der Waals surface area contributed by atoms with Crippen LogP contribution in [0, 0.1) is 6.92 Å². The number of aryl methyl sites for hydroxylation is 1. The van der Waals surface area contributed by atoms with E-state index >= 15 is 0 Å². The van der Waals surface area contributed by atoms with E-state index in [1.165, 1.54) is 4.88 Å². The summed E-state index contributed by atoms with van der Waals surface area (Å²) in [5, 5.41) is 5.28. The van der Waals surface area contributed by atoms with Crippen molar-refractivity contribution in [2.75, 3.05) is 20.6 Å². The van der Waals surface area contributed by atoms with Gasteiger partial charge in [-0.05, 0) is 24.6 Å². The lowest BCUT2D eigenvalue weighted by Crippen LogP contribution is -2.39. The number of rotatable bonds is 5. The average Bonchev–Trinajstić information content (AvgIpc) is 2.89. The molecule has 1 heterocycles. The minimum atomic E-state index is 0. The van der Waals surface area contributed by atoms with Crippen LogP contribution < -0.4 is 5.32 Å². The van der Waals surface area contributed by atoms with Crippen molar-refractivity contribution in [1.29, 1.82) is 0 Å². The van der Waals surface area contributed by atoms with Crippen LogP contribution in [0.3, 0.4) is 0 Å². The van der Waals surface area contributed by atoms with Crippen molar-refractivity contribution >= 4 is 52.9 Å². The Morgan fingerprint density at radius 3 is 2.83 bits per heavy atom. The van der Waals surface area contributed by atoms with Crippen molar-refractivity contribution in [2.24, 2.45) is 4.99 Å². The third-order valence-corrected chi connectivity index (χ3v) is 4.38. The molecule has 0 unspecified atom stereocenters. The molecule has 2 aromatic rings. The zero-order chi connectivity index (χ0) is 15.9. The fourth-order valence-electron chi connectivity index (χ4n) is 2.17. The molecular weight excluding hydrogens is 443 g/mol. The Kier molecular flexibility index (Phi) is 8.86. The molecule has 2 rings (SSSR count). The summed E-state index contributed by atoms with van der Waals surface area (Å²) in [7, 11) is 3.81. The quantitative estimate of drug-likeness (QED) is 0.413. The highest BCUT2D eigenvalue weighted by Crippen LogP contribution is 2.13. The molecule has 0 aliphatic rings. The van der Waals surface area contributed by atoms with Crippen LogP contribution in [0.4, 0.5) is 0 Å². The molecule has 0 saturated heterocycles. The van der Waals surface area contributed by atoms with Gasteiger partial charge in [0.1, 0.15) is 0 Å². The molecule has 1 aromatic heterocycles. The molecule has 126 valence electrons. The van der Waals surface area contributed by atoms with Gasteiger partial charge in [0.05, 0.1) is 5.01 Å². The molecule has 0 spiro atoms. The van der Waals surface area contributed by atoms with E-state index in [9.17, 15) is 0 Å². The van der Waals surface area contributed by atoms with Gasteiger partial charge in [-0.1, -0.05) is 23.7 Å². The van der Waals surface area contributed by atoms with Gasteiger partial charge in [-0.15, -0.1) is 35.3 Å². The third kappa shape index (κ3) is 6.64. The number of guanidine groups is 1. The molecule has 0 aliphatic heterocycles. The number of aliphatic imine (C=N–C) groups is 1. The van der Waals surface area contributed by atoms with E-state index in [4.69, 9.17) is 11.6 Å². The van der Waals surface area contributed by atoms with Gasteiger partial charge in [-0.3, -0.25) is 4.99 Å². The molecule has 0 aliphatic carbocycles. The number of halogens is 2. The predicted octanol–water partition coefficient (Wildman–Crippen LogP) is 3.97. The molecule has 0 atom stereocenters. The first-order valence-electron chi connectivity index (χ1n) is 7.16. The molecule has 0 radical (unpaired) electrons. The van der Waals surface area contributed by atoms with E-state index in [0.29, 0.717) is 0 Å². The van der Waals surface area contributed by atoms with Crippen LogP contribution in [-0.4, -0.2) is 36.5 Å². The zero-order valence-corrected chi connectivity index (χ0v) is 17.4. The molecule has 0 amide bonds. The number of nitrogens with zero attached hydrogens (tertiary/aromatic N) is 3. The Bertz CT molecular complexity index is 645. The summed E-state index contributed by atoms with van der Waals surface area (Å²) in [6.45, 7) is 3.66. The fourth-order valence-corrected chi connectivity index (χ4v) is 3.17. The topological polar surface area (TPSA) is 40.5 Å². The number of nitrogens with one attached hydrogen (secondary N) is 1. The summed E-state index contributed by atoms with van der Waals surface area (Å²) >= 11 is 7.77. The maximum absolute atomic E-state index is 6.02. The Hall–Kier alpha value is -0.860. The molecule has 0 bridgehead atoms. The van der Waals surface area contributed by atoms with Crippen LogP contribution in [0.2, 0.25) is 5.02 Å². The molecule has 4 nitrogen and oxygen atoms in total. The van der Waals surface area contributed by atoms with E-state index in [0.717, 1.165) is 41.1 Å². The standard InChI is InChI=1S/C16H21ClN4S.HI/c1-12-10-20-15(22-12)7-8-19-16(18-2)21(3)11-13-5-4-6-14(17)9-13;/h4-6,9-10H,7-8,11H2,1-3H3,(H,18,19);1H. The number of benzene rings is 1. The molecule has 0 saturated carbocycles. The lowest BCUT2D eigenvalue weighted by Gasteiger charge is -2.22. The van der Waals surface area contributed by atoms with Gasteiger partial charge in [0.15, 0.2) is 5.96 Å². The van der Waals surface area contributed by atoms with Gasteiger partial charge in [0, 0.05) is 49.7 Å². The van der Waals surface area contributed by atoms with Crippen LogP contribution in [0.15, 0.2) is 35.5 Å². The number of hydrogen-bond donors (Lipinski definition) is 1. The first-order chi connectivity index (χ1) is 10.6. The fraction of sp³-hybridized carbons (Fsp3) is 0.375. The lowest BCUT2D eigenvalue weighted by atomic mass is 10.2. The number of thiazole rings is 1. The van der Waals surface area contributed by atoms with Crippen molar-refractivity contribution in [3.05, 3.63) is 50.9 Å². The first kappa shape index (κ1) is 20.2. The van der Waals surface area contributed by atoms with Gasteiger partial charge in [0.2, 0.25) is 0 Å². The summed E-state index contributed by atoms with van der Waals surface area (Å²) in [5.74, 6) is 0.869. The zero-order valence-electron chi connectivity index (χ0n) is 13.5. The van der Waals surface area contributed by atoms with Gasteiger partial charge in [0.25, 0.3) is 0 Å². The second-order valence-corrected chi connectivity index (χ2v) is 6.83. The van der Waals surface area contributed by atoms with Gasteiger partial charge >= 0.3 is 0 Å². The van der Waals surface area contributed by atoms with E-state index in [-0.39, 0.29) is 24.0 Å². The number of hydrogen-bond acceptors (Lipinski definition) is 3. The molecule has 0 fully saturated rings. The van der Waals surface area contributed by atoms with Crippen LogP contribution in [0.1, 0.15) is 15.4 Å². The van der Waals surface area contributed by atoms with Crippen LogP contribution in [0.25, 0.3) is 0 Å². The maximum Gasteiger partial charge on any atom is 0.193 e. The highest BCUT2D eigenvalue weighted by Gasteiger charge is 2.07. The van der Waals surface area contributed by atoms with Crippen LogP contribution in [0.5, 0.6) is 0 Å². The van der Waals surface area contributed by atoms with Gasteiger partial charge < -0.3 is 10.2 Å². The minimum absolute atomic E-state index is 0. The Labute approximate surface area is 164 Å². The largest absolute Gasteiger partial charge is 0.356 e. The van der Waals surface area contributed by atoms with Crippen molar-refractivity contribution < 1.29 is 0 Å². The van der Waals surface area contributed by atoms with Gasteiger partial charge in [-0.25, -0.2) is 4.98 Å². The summed E-state index contributed by atoms with van der Waals surface area (Å²) in [5.41, 5.74) is 1.16. The minimum Gasteiger partial charge on any atom is -0.356 e. The number of aromatic nitrogens is 1. The molecule has 23 heavy (non-hydrogen) atoms. The van der Waals surface area contributed by atoms with Crippen molar-refractivity contribution in [3.63, 3.8) is 0 Å². The second-order valence-electron chi connectivity index (χ2n) is 5.07. The van der Waals surface area contributed by atoms with E-state index in [1.54, 1.807) is 18.4 Å². The normalized spacial score (nSPS) is 11.0.